The van der Waals surface area contributed by atoms with E-state index in [0.29, 0.717) is 0 Å². The van der Waals surface area contributed by atoms with Crippen LogP contribution in [0.1, 0.15) is 19.3 Å². The minimum Gasteiger partial charge on any atom is -0.347 e. The highest BCUT2D eigenvalue weighted by molar-refractivity contribution is 4.90. The molecule has 10 heavy (non-hydrogen) atoms. The average molecular weight is 139 g/mol. The third-order valence-electron chi connectivity index (χ3n) is 2.00. The van der Waals surface area contributed by atoms with Crippen LogP contribution in [0.3, 0.4) is 0 Å². The highest BCUT2D eigenvalue weighted by Crippen LogP contribution is 2.31. The highest BCUT2D eigenvalue weighted by atomic mass is 16.7. The van der Waals surface area contributed by atoms with Crippen LogP contribution in [0.25, 0.3) is 0 Å². The second-order valence-electron chi connectivity index (χ2n) is 2.73. The Bertz CT molecular complexity index is 145. The van der Waals surface area contributed by atoms with Crippen molar-refractivity contribution in [1.29, 1.82) is 0 Å². The van der Waals surface area contributed by atoms with Gasteiger partial charge in [-0.3, -0.25) is 0 Å². The Morgan fingerprint density at radius 1 is 1.30 bits per heavy atom. The zero-order valence-corrected chi connectivity index (χ0v) is 5.93. The van der Waals surface area contributed by atoms with E-state index in [0.717, 1.165) is 32.5 Å². The molecule has 1 aliphatic carbocycles. The van der Waals surface area contributed by atoms with E-state index in [1.54, 1.807) is 0 Å². The third kappa shape index (κ3) is 0.976. The van der Waals surface area contributed by atoms with Crippen molar-refractivity contribution in [3.63, 3.8) is 0 Å². The van der Waals surface area contributed by atoms with Gasteiger partial charge in [0.1, 0.15) is 0 Å². The Morgan fingerprint density at radius 3 is 2.70 bits per heavy atom. The third-order valence-corrected chi connectivity index (χ3v) is 2.00. The molecule has 2 rings (SSSR count). The molecule has 1 heterocycles. The van der Waals surface area contributed by atoms with Crippen LogP contribution >= 0.6 is 0 Å². The van der Waals surface area contributed by atoms with E-state index in [1.165, 1.54) is 0 Å². The van der Waals surface area contributed by atoms with Gasteiger partial charge < -0.3 is 9.47 Å². The molecule has 0 N–H and O–H groups in total. The lowest BCUT2D eigenvalue weighted by atomic mass is 10.0. The minimum atomic E-state index is -0.269. The Balaban J connectivity index is 2.06. The van der Waals surface area contributed by atoms with Crippen molar-refractivity contribution < 1.29 is 9.47 Å². The highest BCUT2D eigenvalue weighted by Gasteiger charge is 2.35. The first kappa shape index (κ1) is 6.38. The molecule has 2 nitrogen and oxygen atoms in total. The van der Waals surface area contributed by atoms with Crippen molar-refractivity contribution >= 4 is 0 Å². The summed E-state index contributed by atoms with van der Waals surface area (Å²) in [5.74, 6) is -0.269. The standard InChI is InChI=1S/C8H11O2/c1-2-4-8(5-3-1)9-6-7-10-8/h1H,2,4-7H2. The SMILES string of the molecule is [C]1=CCCC2(C1)OCCO2. The first-order chi connectivity index (χ1) is 4.91. The van der Waals surface area contributed by atoms with E-state index >= 15 is 0 Å². The summed E-state index contributed by atoms with van der Waals surface area (Å²) in [6.07, 6.45) is 8.06. The summed E-state index contributed by atoms with van der Waals surface area (Å²) < 4.78 is 11.0. The maximum atomic E-state index is 5.48. The molecule has 1 saturated heterocycles. The molecule has 2 heteroatoms. The summed E-state index contributed by atoms with van der Waals surface area (Å²) in [5.41, 5.74) is 0. The summed E-state index contributed by atoms with van der Waals surface area (Å²) in [6, 6.07) is 0. The molecule has 0 atom stereocenters. The molecule has 1 spiro atoms. The fourth-order valence-corrected chi connectivity index (χ4v) is 1.45. The number of allylic oxidation sites excluding steroid dienone is 1. The Morgan fingerprint density at radius 2 is 2.10 bits per heavy atom. The number of hydrogen-bond acceptors (Lipinski definition) is 2. The molecule has 0 bridgehead atoms. The molecule has 2 aliphatic rings. The van der Waals surface area contributed by atoms with E-state index in [4.69, 9.17) is 9.47 Å². The van der Waals surface area contributed by atoms with Gasteiger partial charge in [0.15, 0.2) is 5.79 Å². The molecule has 1 radical (unpaired) electrons. The zero-order chi connectivity index (χ0) is 6.86. The molecular formula is C8H11O2. The van der Waals surface area contributed by atoms with Crippen molar-refractivity contribution in [1.82, 2.24) is 0 Å². The van der Waals surface area contributed by atoms with Crippen LogP contribution in [-0.4, -0.2) is 19.0 Å². The summed E-state index contributed by atoms with van der Waals surface area (Å²) in [5, 5.41) is 0. The molecule has 0 aromatic carbocycles. The molecule has 0 aromatic heterocycles. The van der Waals surface area contributed by atoms with Gasteiger partial charge in [-0.2, -0.15) is 0 Å². The van der Waals surface area contributed by atoms with E-state index < -0.39 is 0 Å². The number of hydrogen-bond donors (Lipinski definition) is 0. The normalized spacial score (nSPS) is 29.6. The van der Waals surface area contributed by atoms with E-state index in [2.05, 4.69) is 12.2 Å². The minimum absolute atomic E-state index is 0.269. The molecule has 0 aromatic rings. The number of ether oxygens (including phenoxy) is 2. The van der Waals surface area contributed by atoms with Gasteiger partial charge >= 0.3 is 0 Å². The van der Waals surface area contributed by atoms with Crippen molar-refractivity contribution in [3.05, 3.63) is 12.2 Å². The maximum Gasteiger partial charge on any atom is 0.172 e. The maximum absolute atomic E-state index is 5.48. The quantitative estimate of drug-likeness (QED) is 0.503. The average Bonchev–Trinajstić information content (AvgIpc) is 2.39. The summed E-state index contributed by atoms with van der Waals surface area (Å²) in [7, 11) is 0. The van der Waals surface area contributed by atoms with Gasteiger partial charge in [-0.1, -0.05) is 6.08 Å². The molecule has 0 unspecified atom stereocenters. The Labute approximate surface area is 60.8 Å². The van der Waals surface area contributed by atoms with Gasteiger partial charge in [0.2, 0.25) is 0 Å². The van der Waals surface area contributed by atoms with Gasteiger partial charge in [0, 0.05) is 12.8 Å². The monoisotopic (exact) mass is 139 g/mol. The van der Waals surface area contributed by atoms with Gasteiger partial charge in [0.05, 0.1) is 13.2 Å². The van der Waals surface area contributed by atoms with Crippen LogP contribution in [0.4, 0.5) is 0 Å². The van der Waals surface area contributed by atoms with E-state index in [-0.39, 0.29) is 5.79 Å². The fourth-order valence-electron chi connectivity index (χ4n) is 1.45. The predicted octanol–water partition coefficient (Wildman–Crippen LogP) is 1.27. The first-order valence-electron chi connectivity index (χ1n) is 3.74. The van der Waals surface area contributed by atoms with Crippen LogP contribution in [0.5, 0.6) is 0 Å². The van der Waals surface area contributed by atoms with Gasteiger partial charge in [-0.05, 0) is 12.5 Å². The summed E-state index contributed by atoms with van der Waals surface area (Å²) >= 11 is 0. The van der Waals surface area contributed by atoms with Gasteiger partial charge in [-0.15, -0.1) is 0 Å². The Hall–Kier alpha value is -0.340. The molecular weight excluding hydrogens is 128 g/mol. The molecule has 0 saturated carbocycles. The zero-order valence-electron chi connectivity index (χ0n) is 5.93. The van der Waals surface area contributed by atoms with Crippen LogP contribution < -0.4 is 0 Å². The fraction of sp³-hybridized carbons (Fsp3) is 0.750. The van der Waals surface area contributed by atoms with Gasteiger partial charge in [-0.25, -0.2) is 0 Å². The predicted molar refractivity (Wildman–Crippen MR) is 36.3 cm³/mol. The van der Waals surface area contributed by atoms with Crippen LogP contribution in [0, 0.1) is 6.08 Å². The summed E-state index contributed by atoms with van der Waals surface area (Å²) in [6.45, 7) is 1.50. The van der Waals surface area contributed by atoms with Crippen LogP contribution in [-0.2, 0) is 9.47 Å². The Kier molecular flexibility index (Phi) is 1.51. The topological polar surface area (TPSA) is 18.5 Å². The smallest absolute Gasteiger partial charge is 0.172 e. The van der Waals surface area contributed by atoms with Crippen LogP contribution in [0.15, 0.2) is 6.08 Å². The lowest BCUT2D eigenvalue weighted by Crippen LogP contribution is -2.30. The molecule has 1 aliphatic heterocycles. The van der Waals surface area contributed by atoms with Crippen molar-refractivity contribution in [2.75, 3.05) is 13.2 Å². The molecule has 0 amide bonds. The van der Waals surface area contributed by atoms with E-state index in [9.17, 15) is 0 Å². The number of rotatable bonds is 0. The van der Waals surface area contributed by atoms with Crippen molar-refractivity contribution in [3.8, 4) is 0 Å². The second kappa shape index (κ2) is 2.36. The molecule has 1 fully saturated rings. The van der Waals surface area contributed by atoms with E-state index in [1.807, 2.05) is 0 Å². The molecule has 55 valence electrons. The lowest BCUT2D eigenvalue weighted by molar-refractivity contribution is -0.162. The summed E-state index contributed by atoms with van der Waals surface area (Å²) in [4.78, 5) is 0. The van der Waals surface area contributed by atoms with Crippen molar-refractivity contribution in [2.24, 2.45) is 0 Å². The first-order valence-corrected chi connectivity index (χ1v) is 3.74. The lowest BCUT2D eigenvalue weighted by Gasteiger charge is -2.27. The largest absolute Gasteiger partial charge is 0.347 e. The second-order valence-corrected chi connectivity index (χ2v) is 2.73. The van der Waals surface area contributed by atoms with Crippen LogP contribution in [0.2, 0.25) is 0 Å². The van der Waals surface area contributed by atoms with Gasteiger partial charge in [0.25, 0.3) is 0 Å². The van der Waals surface area contributed by atoms with Crippen molar-refractivity contribution in [2.45, 2.75) is 25.0 Å².